The van der Waals surface area contributed by atoms with Crippen molar-refractivity contribution < 1.29 is 9.72 Å². The number of carbonyl (C=O) groups excluding carboxylic acids is 1. The minimum Gasteiger partial charge on any atom is -0.384 e. The molecule has 1 aromatic heterocycles. The van der Waals surface area contributed by atoms with Crippen molar-refractivity contribution in [2.75, 3.05) is 5.32 Å². The van der Waals surface area contributed by atoms with Gasteiger partial charge in [-0.15, -0.1) is 0 Å². The largest absolute Gasteiger partial charge is 0.384 e. The molecule has 2 aromatic rings. The fraction of sp³-hybridized carbons (Fsp3) is 0.0625. The number of amides is 1. The number of nitro benzene ring substituents is 1. The zero-order chi connectivity index (χ0) is 17.4. The van der Waals surface area contributed by atoms with Gasteiger partial charge in [0, 0.05) is 30.2 Å². The molecule has 0 saturated heterocycles. The average molecular weight is 323 g/mol. The average Bonchev–Trinajstić information content (AvgIpc) is 2.60. The van der Waals surface area contributed by atoms with Gasteiger partial charge in [-0.25, -0.2) is 0 Å². The first-order chi connectivity index (χ1) is 11.6. The summed E-state index contributed by atoms with van der Waals surface area (Å²) in [5.41, 5.74) is 0.920. The first-order valence-electron chi connectivity index (χ1n) is 6.89. The van der Waals surface area contributed by atoms with E-state index >= 15 is 0 Å². The van der Waals surface area contributed by atoms with Crippen LogP contribution in [0.25, 0.3) is 0 Å². The van der Waals surface area contributed by atoms with Gasteiger partial charge >= 0.3 is 0 Å². The summed E-state index contributed by atoms with van der Waals surface area (Å²) < 4.78 is 0. The van der Waals surface area contributed by atoms with Gasteiger partial charge in [0.25, 0.3) is 11.6 Å². The summed E-state index contributed by atoms with van der Waals surface area (Å²) in [4.78, 5) is 26.2. The monoisotopic (exact) mass is 323 g/mol. The van der Waals surface area contributed by atoms with Crippen LogP contribution in [0.1, 0.15) is 5.69 Å². The molecule has 1 aromatic carbocycles. The van der Waals surface area contributed by atoms with E-state index in [0.717, 1.165) is 5.69 Å². The number of carbonyl (C=O) groups is 1. The molecular formula is C16H13N5O3. The Morgan fingerprint density at radius 1 is 1.29 bits per heavy atom. The summed E-state index contributed by atoms with van der Waals surface area (Å²) >= 11 is 0. The number of pyridine rings is 1. The van der Waals surface area contributed by atoms with E-state index in [2.05, 4.69) is 15.6 Å². The number of rotatable bonds is 6. The normalized spacial score (nSPS) is 10.5. The smallest absolute Gasteiger partial charge is 0.269 e. The van der Waals surface area contributed by atoms with Gasteiger partial charge in [0.1, 0.15) is 11.6 Å². The summed E-state index contributed by atoms with van der Waals surface area (Å²) in [7, 11) is 0. The van der Waals surface area contributed by atoms with Crippen LogP contribution in [0.3, 0.4) is 0 Å². The van der Waals surface area contributed by atoms with Crippen molar-refractivity contribution in [3.05, 3.63) is 76.2 Å². The Bertz CT molecular complexity index is 795. The summed E-state index contributed by atoms with van der Waals surface area (Å²) in [5, 5.41) is 25.0. The fourth-order valence-corrected chi connectivity index (χ4v) is 1.77. The molecule has 8 heteroatoms. The van der Waals surface area contributed by atoms with Crippen molar-refractivity contribution in [2.24, 2.45) is 0 Å². The summed E-state index contributed by atoms with van der Waals surface area (Å²) in [6.45, 7) is 0.372. The minimum atomic E-state index is -0.611. The summed E-state index contributed by atoms with van der Waals surface area (Å²) in [6, 6.07) is 12.6. The molecule has 120 valence electrons. The Morgan fingerprint density at radius 3 is 2.62 bits per heavy atom. The van der Waals surface area contributed by atoms with Crippen LogP contribution in [-0.2, 0) is 11.3 Å². The first-order valence-corrected chi connectivity index (χ1v) is 6.89. The number of nitrogens with zero attached hydrogens (tertiary/aromatic N) is 3. The molecule has 0 fully saturated rings. The molecule has 1 amide bonds. The number of nitro groups is 1. The summed E-state index contributed by atoms with van der Waals surface area (Å²) in [5.74, 6) is -0.611. The molecule has 0 unspecified atom stereocenters. The number of hydrogen-bond donors (Lipinski definition) is 2. The molecule has 0 atom stereocenters. The number of aromatic nitrogens is 1. The van der Waals surface area contributed by atoms with Gasteiger partial charge in [-0.05, 0) is 24.3 Å². The molecular weight excluding hydrogens is 310 g/mol. The maximum Gasteiger partial charge on any atom is 0.269 e. The van der Waals surface area contributed by atoms with Crippen molar-refractivity contribution >= 4 is 17.3 Å². The highest BCUT2D eigenvalue weighted by Crippen LogP contribution is 2.15. The van der Waals surface area contributed by atoms with E-state index in [-0.39, 0.29) is 11.3 Å². The van der Waals surface area contributed by atoms with Gasteiger partial charge in [-0.2, -0.15) is 5.26 Å². The lowest BCUT2D eigenvalue weighted by atomic mass is 10.2. The Hall–Kier alpha value is -3.73. The highest BCUT2D eigenvalue weighted by Gasteiger charge is 2.10. The van der Waals surface area contributed by atoms with Crippen LogP contribution in [0.2, 0.25) is 0 Å². The first kappa shape index (κ1) is 16.6. The van der Waals surface area contributed by atoms with E-state index in [0.29, 0.717) is 12.2 Å². The number of nitriles is 1. The van der Waals surface area contributed by atoms with Crippen molar-refractivity contribution in [1.29, 1.82) is 5.26 Å². The number of non-ortho nitro benzene ring substituents is 1. The van der Waals surface area contributed by atoms with E-state index in [1.165, 1.54) is 30.5 Å². The van der Waals surface area contributed by atoms with Crippen molar-refractivity contribution in [1.82, 2.24) is 10.3 Å². The van der Waals surface area contributed by atoms with Crippen LogP contribution in [0.15, 0.2) is 60.4 Å². The van der Waals surface area contributed by atoms with Crippen LogP contribution in [0.5, 0.6) is 0 Å². The highest BCUT2D eigenvalue weighted by atomic mass is 16.6. The molecule has 0 saturated carbocycles. The highest BCUT2D eigenvalue weighted by molar-refractivity contribution is 6.06. The van der Waals surface area contributed by atoms with Crippen LogP contribution in [-0.4, -0.2) is 15.8 Å². The van der Waals surface area contributed by atoms with E-state index in [1.54, 1.807) is 18.3 Å². The second-order valence-corrected chi connectivity index (χ2v) is 4.63. The number of anilines is 1. The summed E-state index contributed by atoms with van der Waals surface area (Å²) in [6.07, 6.45) is 2.95. The lowest BCUT2D eigenvalue weighted by Crippen LogP contribution is -2.16. The number of nitrogens with one attached hydrogen (secondary N) is 2. The van der Waals surface area contributed by atoms with Gasteiger partial charge in [-0.1, -0.05) is 6.07 Å². The molecule has 0 bridgehead atoms. The molecule has 24 heavy (non-hydrogen) atoms. The van der Waals surface area contributed by atoms with Crippen LogP contribution in [0, 0.1) is 21.4 Å². The SMILES string of the molecule is N#C/C(=C/NCc1ccccn1)C(=O)Nc1ccc([N+](=O)[O-])cc1. The Labute approximate surface area is 137 Å². The molecule has 2 rings (SSSR count). The zero-order valence-corrected chi connectivity index (χ0v) is 12.5. The molecule has 8 nitrogen and oxygen atoms in total. The molecule has 0 spiro atoms. The van der Waals surface area contributed by atoms with E-state index in [1.807, 2.05) is 12.1 Å². The van der Waals surface area contributed by atoms with Crippen LogP contribution in [0.4, 0.5) is 11.4 Å². The van der Waals surface area contributed by atoms with Gasteiger partial charge in [0.05, 0.1) is 17.2 Å². The Kier molecular flexibility index (Phi) is 5.58. The van der Waals surface area contributed by atoms with E-state index in [9.17, 15) is 14.9 Å². The number of benzene rings is 1. The second kappa shape index (κ2) is 8.05. The van der Waals surface area contributed by atoms with Crippen molar-refractivity contribution in [3.8, 4) is 6.07 Å². The molecule has 1 heterocycles. The Balaban J connectivity index is 1.96. The molecule has 0 aliphatic heterocycles. The van der Waals surface area contributed by atoms with Gasteiger partial charge < -0.3 is 10.6 Å². The second-order valence-electron chi connectivity index (χ2n) is 4.63. The third-order valence-electron chi connectivity index (χ3n) is 2.96. The van der Waals surface area contributed by atoms with Crippen molar-refractivity contribution in [2.45, 2.75) is 6.54 Å². The maximum atomic E-state index is 12.0. The standard InChI is InChI=1S/C16H13N5O3/c17-9-12(10-18-11-14-3-1-2-8-19-14)16(22)20-13-4-6-15(7-5-13)21(23)24/h1-8,10,18H,11H2,(H,20,22)/b12-10-. The number of hydrogen-bond acceptors (Lipinski definition) is 6. The zero-order valence-electron chi connectivity index (χ0n) is 12.5. The fourth-order valence-electron chi connectivity index (χ4n) is 1.77. The van der Waals surface area contributed by atoms with Gasteiger partial charge in [0.2, 0.25) is 0 Å². The van der Waals surface area contributed by atoms with Gasteiger partial charge in [0.15, 0.2) is 0 Å². The van der Waals surface area contributed by atoms with Crippen molar-refractivity contribution in [3.63, 3.8) is 0 Å². The van der Waals surface area contributed by atoms with E-state index < -0.39 is 10.8 Å². The minimum absolute atomic E-state index is 0.0823. The lowest BCUT2D eigenvalue weighted by Gasteiger charge is -2.05. The Morgan fingerprint density at radius 2 is 2.04 bits per heavy atom. The third-order valence-corrected chi connectivity index (χ3v) is 2.96. The lowest BCUT2D eigenvalue weighted by molar-refractivity contribution is -0.384. The molecule has 0 radical (unpaired) electrons. The molecule has 0 aliphatic carbocycles. The van der Waals surface area contributed by atoms with Crippen LogP contribution < -0.4 is 10.6 Å². The predicted octanol–water partition coefficient (Wildman–Crippen LogP) is 2.13. The third kappa shape index (κ3) is 4.64. The topological polar surface area (TPSA) is 121 Å². The van der Waals surface area contributed by atoms with E-state index in [4.69, 9.17) is 5.26 Å². The van der Waals surface area contributed by atoms with Crippen LogP contribution >= 0.6 is 0 Å². The molecule has 2 N–H and O–H groups in total. The molecule has 0 aliphatic rings. The maximum absolute atomic E-state index is 12.0. The van der Waals surface area contributed by atoms with Gasteiger partial charge in [-0.3, -0.25) is 19.9 Å². The predicted molar refractivity (Wildman–Crippen MR) is 86.5 cm³/mol. The quantitative estimate of drug-likeness (QED) is 0.363.